The lowest BCUT2D eigenvalue weighted by Gasteiger charge is -2.59. The second-order valence-electron chi connectivity index (χ2n) is 9.23. The lowest BCUT2D eigenvalue weighted by Crippen LogP contribution is -2.56. The van der Waals surface area contributed by atoms with Gasteiger partial charge in [-0.05, 0) is 94.1 Å². The average Bonchev–Trinajstić information content (AvgIpc) is 2.58. The molecule has 1 aromatic heterocycles. The molecule has 1 atom stereocenters. The predicted octanol–water partition coefficient (Wildman–Crippen LogP) is 4.38. The number of nitrogens with one attached hydrogen (secondary N) is 1. The summed E-state index contributed by atoms with van der Waals surface area (Å²) < 4.78 is 0. The third-order valence-corrected chi connectivity index (χ3v) is 8.12. The quantitative estimate of drug-likeness (QED) is 0.766. The molecule has 4 bridgehead atoms. The number of carbonyl (C=O) groups excluding carboxylic acids is 1. The summed E-state index contributed by atoms with van der Waals surface area (Å²) >= 11 is 1.38. The normalized spacial score (nSPS) is 32.1. The Balaban J connectivity index is 1.38. The summed E-state index contributed by atoms with van der Waals surface area (Å²) in [6, 6.07) is 4.38. The van der Waals surface area contributed by atoms with E-state index in [1.165, 1.54) is 50.3 Å². The summed E-state index contributed by atoms with van der Waals surface area (Å²) in [4.78, 5) is 17.1. The van der Waals surface area contributed by atoms with Crippen LogP contribution in [0.5, 0.6) is 0 Å². The van der Waals surface area contributed by atoms with E-state index in [0.717, 1.165) is 29.0 Å². The lowest BCUT2D eigenvalue weighted by molar-refractivity contribution is -0.123. The number of nitriles is 1. The molecule has 0 radical (unpaired) electrons. The molecule has 0 aliphatic heterocycles. The largest absolute Gasteiger partial charge is 0.352 e. The molecule has 0 saturated heterocycles. The van der Waals surface area contributed by atoms with Gasteiger partial charge in [-0.15, -0.1) is 0 Å². The van der Waals surface area contributed by atoms with Gasteiger partial charge in [0.2, 0.25) is 5.91 Å². The Bertz CT molecular complexity index is 762. The molecule has 5 heteroatoms. The van der Waals surface area contributed by atoms with Crippen LogP contribution >= 0.6 is 11.8 Å². The highest BCUT2D eigenvalue weighted by Crippen LogP contribution is 2.61. The van der Waals surface area contributed by atoms with E-state index in [1.54, 1.807) is 0 Å². The van der Waals surface area contributed by atoms with Crippen LogP contribution in [0.3, 0.4) is 0 Å². The summed E-state index contributed by atoms with van der Waals surface area (Å²) in [5.74, 6) is 3.06. The maximum atomic E-state index is 12.6. The minimum Gasteiger partial charge on any atom is -0.352 e. The summed E-state index contributed by atoms with van der Waals surface area (Å²) in [6.07, 6.45) is 8.15. The molecule has 1 amide bonds. The van der Waals surface area contributed by atoms with Gasteiger partial charge in [0.1, 0.15) is 11.1 Å². The van der Waals surface area contributed by atoms with Crippen molar-refractivity contribution in [3.05, 3.63) is 22.9 Å². The van der Waals surface area contributed by atoms with Crippen molar-refractivity contribution in [1.82, 2.24) is 10.3 Å². The van der Waals surface area contributed by atoms with Gasteiger partial charge in [-0.25, -0.2) is 4.98 Å². The first-order valence-electron chi connectivity index (χ1n) is 10.2. The molecule has 0 unspecified atom stereocenters. The molecule has 4 nitrogen and oxygen atoms in total. The van der Waals surface area contributed by atoms with Gasteiger partial charge >= 0.3 is 0 Å². The van der Waals surface area contributed by atoms with Crippen LogP contribution in [0.4, 0.5) is 0 Å². The van der Waals surface area contributed by atoms with Gasteiger partial charge in [0, 0.05) is 11.7 Å². The number of hydrogen-bond donors (Lipinski definition) is 1. The summed E-state index contributed by atoms with van der Waals surface area (Å²) in [5.41, 5.74) is 2.73. The molecular weight excluding hydrogens is 354 g/mol. The van der Waals surface area contributed by atoms with Crippen LogP contribution in [0, 0.1) is 48.3 Å². The van der Waals surface area contributed by atoms with E-state index in [1.807, 2.05) is 19.9 Å². The third kappa shape index (κ3) is 3.61. The Morgan fingerprint density at radius 1 is 1.30 bits per heavy atom. The number of carbonyl (C=O) groups is 1. The van der Waals surface area contributed by atoms with Crippen LogP contribution in [0.15, 0.2) is 11.1 Å². The van der Waals surface area contributed by atoms with Gasteiger partial charge < -0.3 is 5.32 Å². The fraction of sp³-hybridized carbons (Fsp3) is 0.682. The van der Waals surface area contributed by atoms with Crippen molar-refractivity contribution < 1.29 is 4.79 Å². The molecule has 1 heterocycles. The van der Waals surface area contributed by atoms with Crippen molar-refractivity contribution >= 4 is 17.7 Å². The van der Waals surface area contributed by atoms with Crippen molar-refractivity contribution in [2.24, 2.45) is 23.2 Å². The van der Waals surface area contributed by atoms with Gasteiger partial charge in [0.15, 0.2) is 0 Å². The minimum atomic E-state index is 0.0631. The number of nitrogens with zero attached hydrogens (tertiary/aromatic N) is 2. The minimum absolute atomic E-state index is 0.0631. The Labute approximate surface area is 166 Å². The van der Waals surface area contributed by atoms with Gasteiger partial charge in [-0.1, -0.05) is 11.8 Å². The van der Waals surface area contributed by atoms with Crippen LogP contribution in [-0.2, 0) is 4.79 Å². The first-order chi connectivity index (χ1) is 12.9. The highest BCUT2D eigenvalue weighted by molar-refractivity contribution is 8.00. The van der Waals surface area contributed by atoms with Crippen LogP contribution in [0.25, 0.3) is 0 Å². The van der Waals surface area contributed by atoms with Crippen LogP contribution in [-0.4, -0.2) is 22.7 Å². The topological polar surface area (TPSA) is 65.8 Å². The Kier molecular flexibility index (Phi) is 4.96. The Morgan fingerprint density at radius 2 is 1.89 bits per heavy atom. The van der Waals surface area contributed by atoms with Crippen molar-refractivity contribution in [1.29, 1.82) is 5.26 Å². The van der Waals surface area contributed by atoms with Gasteiger partial charge in [-0.2, -0.15) is 5.26 Å². The number of hydrogen-bond acceptors (Lipinski definition) is 4. The zero-order valence-electron chi connectivity index (χ0n) is 16.5. The fourth-order valence-corrected chi connectivity index (χ4v) is 7.23. The van der Waals surface area contributed by atoms with Crippen LogP contribution in [0.1, 0.15) is 62.3 Å². The average molecular weight is 384 g/mol. The number of thioether (sulfide) groups is 1. The smallest absolute Gasteiger partial charge is 0.230 e. The number of aromatic nitrogens is 1. The molecular formula is C22H29N3OS. The molecule has 0 spiro atoms. The Hall–Kier alpha value is -1.54. The molecule has 0 aromatic carbocycles. The number of amides is 1. The molecule has 4 fully saturated rings. The van der Waals surface area contributed by atoms with E-state index >= 15 is 0 Å². The van der Waals surface area contributed by atoms with Crippen molar-refractivity contribution in [2.45, 2.75) is 70.4 Å². The molecule has 4 aliphatic rings. The second kappa shape index (κ2) is 7.13. The zero-order valence-corrected chi connectivity index (χ0v) is 17.4. The van der Waals surface area contributed by atoms with E-state index in [2.05, 4.69) is 23.3 Å². The maximum Gasteiger partial charge on any atom is 0.230 e. The number of pyridine rings is 1. The van der Waals surface area contributed by atoms with Crippen LogP contribution in [0.2, 0.25) is 0 Å². The second-order valence-corrected chi connectivity index (χ2v) is 10.2. The maximum absolute atomic E-state index is 12.6. The summed E-state index contributed by atoms with van der Waals surface area (Å²) in [6.45, 7) is 6.06. The monoisotopic (exact) mass is 383 g/mol. The zero-order chi connectivity index (χ0) is 19.2. The number of aryl methyl sites for hydroxylation is 2. The van der Waals surface area contributed by atoms with Gasteiger partial charge in [-0.3, -0.25) is 4.79 Å². The van der Waals surface area contributed by atoms with Crippen molar-refractivity contribution in [2.75, 3.05) is 5.75 Å². The molecule has 1 aromatic rings. The van der Waals surface area contributed by atoms with E-state index < -0.39 is 0 Å². The van der Waals surface area contributed by atoms with Crippen molar-refractivity contribution in [3.63, 3.8) is 0 Å². The molecule has 5 rings (SSSR count). The molecule has 27 heavy (non-hydrogen) atoms. The standard InChI is InChI=1S/C22H29N3OS/c1-13-4-14(2)24-21(19(13)11-23)27-12-20(26)25-15(3)22-8-16-5-17(9-22)7-18(6-16)10-22/h4,15-18H,5-10,12H2,1-3H3,(H,25,26)/t15-,16?,17?,18?,22?/m1/s1. The van der Waals surface area contributed by atoms with E-state index in [0.29, 0.717) is 21.8 Å². The highest BCUT2D eigenvalue weighted by atomic mass is 32.2. The predicted molar refractivity (Wildman–Crippen MR) is 107 cm³/mol. The fourth-order valence-electron chi connectivity index (χ4n) is 6.32. The first kappa shape index (κ1) is 18.8. The first-order valence-corrected chi connectivity index (χ1v) is 11.2. The van der Waals surface area contributed by atoms with E-state index in [9.17, 15) is 10.1 Å². The third-order valence-electron chi connectivity index (χ3n) is 7.14. The molecule has 144 valence electrons. The lowest BCUT2D eigenvalue weighted by atomic mass is 9.48. The highest BCUT2D eigenvalue weighted by Gasteiger charge is 2.53. The van der Waals surface area contributed by atoms with Gasteiger partial charge in [0.25, 0.3) is 0 Å². The SMILES string of the molecule is Cc1cc(C)c(C#N)c(SCC(=O)N[C@H](C)C23CC4CC(CC(C4)C2)C3)n1. The molecule has 4 saturated carbocycles. The molecule has 4 aliphatic carbocycles. The number of rotatable bonds is 5. The molecule has 1 N–H and O–H groups in total. The van der Waals surface area contributed by atoms with Gasteiger partial charge in [0.05, 0.1) is 11.3 Å². The summed E-state index contributed by atoms with van der Waals surface area (Å²) in [5, 5.41) is 13.4. The summed E-state index contributed by atoms with van der Waals surface area (Å²) in [7, 11) is 0. The van der Waals surface area contributed by atoms with Crippen molar-refractivity contribution in [3.8, 4) is 6.07 Å². The Morgan fingerprint density at radius 3 is 2.44 bits per heavy atom. The van der Waals surface area contributed by atoms with E-state index in [-0.39, 0.29) is 11.9 Å². The van der Waals surface area contributed by atoms with E-state index in [4.69, 9.17) is 0 Å². The van der Waals surface area contributed by atoms with Crippen LogP contribution < -0.4 is 5.32 Å².